The quantitative estimate of drug-likeness (QED) is 0.753. The molecule has 0 fully saturated rings. The van der Waals surface area contributed by atoms with Crippen LogP contribution >= 0.6 is 0 Å². The lowest BCUT2D eigenvalue weighted by Gasteiger charge is -2.18. The molecular formula is C14H27N3. The van der Waals surface area contributed by atoms with E-state index in [4.69, 9.17) is 0 Å². The monoisotopic (exact) mass is 237 g/mol. The molecule has 0 aliphatic rings. The van der Waals surface area contributed by atoms with Gasteiger partial charge in [-0.3, -0.25) is 0 Å². The number of aromatic nitrogens is 2. The Hall–Kier alpha value is -0.830. The Morgan fingerprint density at radius 1 is 1.35 bits per heavy atom. The molecule has 1 atom stereocenters. The van der Waals surface area contributed by atoms with E-state index in [1.165, 1.54) is 25.1 Å². The van der Waals surface area contributed by atoms with Crippen LogP contribution in [-0.4, -0.2) is 22.1 Å². The average molecular weight is 237 g/mol. The average Bonchev–Trinajstić information content (AvgIpc) is 2.68. The fourth-order valence-corrected chi connectivity index (χ4v) is 2.13. The molecule has 1 aromatic rings. The molecule has 0 saturated carbocycles. The zero-order valence-corrected chi connectivity index (χ0v) is 11.7. The molecule has 0 amide bonds. The maximum Gasteiger partial charge on any atom is 0.108 e. The second-order valence-corrected chi connectivity index (χ2v) is 5.21. The van der Waals surface area contributed by atoms with Crippen molar-refractivity contribution in [1.29, 1.82) is 0 Å². The largest absolute Gasteiger partial charge is 0.338 e. The molecule has 3 nitrogen and oxygen atoms in total. The van der Waals surface area contributed by atoms with Crippen molar-refractivity contribution in [3.05, 3.63) is 18.2 Å². The number of hydrogen-bond acceptors (Lipinski definition) is 2. The number of nitrogens with zero attached hydrogens (tertiary/aromatic N) is 2. The van der Waals surface area contributed by atoms with E-state index in [0.717, 1.165) is 18.9 Å². The van der Waals surface area contributed by atoms with Gasteiger partial charge in [-0.1, -0.05) is 27.2 Å². The van der Waals surface area contributed by atoms with Gasteiger partial charge in [-0.2, -0.15) is 0 Å². The minimum Gasteiger partial charge on any atom is -0.338 e. The van der Waals surface area contributed by atoms with E-state index in [1.807, 2.05) is 12.4 Å². The fraction of sp³-hybridized carbons (Fsp3) is 0.786. The van der Waals surface area contributed by atoms with Crippen molar-refractivity contribution in [3.8, 4) is 0 Å². The van der Waals surface area contributed by atoms with Gasteiger partial charge in [0.05, 0.1) is 0 Å². The SMILES string of the molecule is CCCC(CCc1nccn1C)CNC(C)C. The van der Waals surface area contributed by atoms with Gasteiger partial charge in [-0.15, -0.1) is 0 Å². The molecule has 98 valence electrons. The fourth-order valence-electron chi connectivity index (χ4n) is 2.13. The predicted molar refractivity (Wildman–Crippen MR) is 73.1 cm³/mol. The van der Waals surface area contributed by atoms with Crippen LogP contribution in [0.15, 0.2) is 12.4 Å². The normalized spacial score (nSPS) is 13.2. The first kappa shape index (κ1) is 14.2. The van der Waals surface area contributed by atoms with Gasteiger partial charge < -0.3 is 9.88 Å². The second kappa shape index (κ2) is 7.49. The Kier molecular flexibility index (Phi) is 6.27. The first-order valence-corrected chi connectivity index (χ1v) is 6.83. The van der Waals surface area contributed by atoms with Gasteiger partial charge >= 0.3 is 0 Å². The van der Waals surface area contributed by atoms with E-state index < -0.39 is 0 Å². The number of imidazole rings is 1. The van der Waals surface area contributed by atoms with Crippen molar-refractivity contribution < 1.29 is 0 Å². The molecule has 0 aromatic carbocycles. The van der Waals surface area contributed by atoms with Crippen LogP contribution in [0.4, 0.5) is 0 Å². The standard InChI is InChI=1S/C14H27N3/c1-5-6-13(11-16-12(2)3)7-8-14-15-9-10-17(14)4/h9-10,12-13,16H,5-8,11H2,1-4H3. The highest BCUT2D eigenvalue weighted by Crippen LogP contribution is 2.13. The third kappa shape index (κ3) is 5.35. The third-order valence-corrected chi connectivity index (χ3v) is 3.21. The molecule has 17 heavy (non-hydrogen) atoms. The van der Waals surface area contributed by atoms with Crippen LogP contribution < -0.4 is 5.32 Å². The summed E-state index contributed by atoms with van der Waals surface area (Å²) in [5.41, 5.74) is 0. The second-order valence-electron chi connectivity index (χ2n) is 5.21. The Morgan fingerprint density at radius 2 is 2.12 bits per heavy atom. The molecular weight excluding hydrogens is 210 g/mol. The van der Waals surface area contributed by atoms with E-state index in [1.54, 1.807) is 0 Å². The van der Waals surface area contributed by atoms with Gasteiger partial charge in [0.2, 0.25) is 0 Å². The highest BCUT2D eigenvalue weighted by molar-refractivity contribution is 4.91. The molecule has 0 bridgehead atoms. The molecule has 1 heterocycles. The van der Waals surface area contributed by atoms with Crippen molar-refractivity contribution in [1.82, 2.24) is 14.9 Å². The van der Waals surface area contributed by atoms with Crippen LogP contribution in [0.3, 0.4) is 0 Å². The van der Waals surface area contributed by atoms with Crippen LogP contribution in [0.5, 0.6) is 0 Å². The summed E-state index contributed by atoms with van der Waals surface area (Å²) in [6.07, 6.45) is 8.81. The molecule has 0 radical (unpaired) electrons. The molecule has 3 heteroatoms. The van der Waals surface area contributed by atoms with E-state index in [-0.39, 0.29) is 0 Å². The summed E-state index contributed by atoms with van der Waals surface area (Å²) in [7, 11) is 2.07. The van der Waals surface area contributed by atoms with Crippen LogP contribution in [0, 0.1) is 5.92 Å². The Balaban J connectivity index is 2.36. The first-order valence-electron chi connectivity index (χ1n) is 6.83. The van der Waals surface area contributed by atoms with E-state index >= 15 is 0 Å². The third-order valence-electron chi connectivity index (χ3n) is 3.21. The van der Waals surface area contributed by atoms with Gasteiger partial charge in [0.1, 0.15) is 5.82 Å². The van der Waals surface area contributed by atoms with E-state index in [9.17, 15) is 0 Å². The molecule has 1 unspecified atom stereocenters. The molecule has 0 aliphatic carbocycles. The smallest absolute Gasteiger partial charge is 0.108 e. The van der Waals surface area contributed by atoms with Gasteiger partial charge in [0.15, 0.2) is 0 Å². The van der Waals surface area contributed by atoms with Crippen molar-refractivity contribution in [2.24, 2.45) is 13.0 Å². The lowest BCUT2D eigenvalue weighted by Crippen LogP contribution is -2.29. The van der Waals surface area contributed by atoms with E-state index in [0.29, 0.717) is 6.04 Å². The van der Waals surface area contributed by atoms with Crippen LogP contribution in [0.2, 0.25) is 0 Å². The zero-order chi connectivity index (χ0) is 12.7. The molecule has 0 saturated heterocycles. The van der Waals surface area contributed by atoms with Gasteiger partial charge in [0.25, 0.3) is 0 Å². The number of aryl methyl sites for hydroxylation is 2. The lowest BCUT2D eigenvalue weighted by molar-refractivity contribution is 0.393. The number of rotatable bonds is 8. The zero-order valence-electron chi connectivity index (χ0n) is 11.7. The van der Waals surface area contributed by atoms with Gasteiger partial charge in [-0.25, -0.2) is 4.98 Å². The summed E-state index contributed by atoms with van der Waals surface area (Å²) in [6, 6.07) is 0.586. The van der Waals surface area contributed by atoms with Gasteiger partial charge in [0, 0.05) is 31.9 Å². The van der Waals surface area contributed by atoms with Crippen LogP contribution in [-0.2, 0) is 13.5 Å². The summed E-state index contributed by atoms with van der Waals surface area (Å²) in [5.74, 6) is 1.98. The highest BCUT2D eigenvalue weighted by Gasteiger charge is 2.10. The van der Waals surface area contributed by atoms with Crippen LogP contribution in [0.1, 0.15) is 45.9 Å². The summed E-state index contributed by atoms with van der Waals surface area (Å²) in [4.78, 5) is 4.39. The van der Waals surface area contributed by atoms with Crippen molar-refractivity contribution in [2.45, 2.75) is 52.5 Å². The van der Waals surface area contributed by atoms with Gasteiger partial charge in [-0.05, 0) is 25.3 Å². The molecule has 1 rings (SSSR count). The first-order chi connectivity index (χ1) is 8.13. The number of hydrogen-bond donors (Lipinski definition) is 1. The molecule has 0 spiro atoms. The van der Waals surface area contributed by atoms with E-state index in [2.05, 4.69) is 42.7 Å². The number of nitrogens with one attached hydrogen (secondary N) is 1. The molecule has 1 N–H and O–H groups in total. The minimum atomic E-state index is 0.586. The highest BCUT2D eigenvalue weighted by atomic mass is 15.0. The minimum absolute atomic E-state index is 0.586. The maximum absolute atomic E-state index is 4.39. The molecule has 1 aromatic heterocycles. The van der Waals surface area contributed by atoms with Crippen LogP contribution in [0.25, 0.3) is 0 Å². The molecule has 0 aliphatic heterocycles. The summed E-state index contributed by atoms with van der Waals surface area (Å²) in [5, 5.41) is 3.55. The Bertz CT molecular complexity index is 304. The van der Waals surface area contributed by atoms with Crippen molar-refractivity contribution >= 4 is 0 Å². The summed E-state index contributed by atoms with van der Waals surface area (Å²) in [6.45, 7) is 7.82. The van der Waals surface area contributed by atoms with Crippen molar-refractivity contribution in [3.63, 3.8) is 0 Å². The predicted octanol–water partition coefficient (Wildman–Crippen LogP) is 2.77. The Morgan fingerprint density at radius 3 is 2.65 bits per heavy atom. The summed E-state index contributed by atoms with van der Waals surface area (Å²) < 4.78 is 2.12. The lowest BCUT2D eigenvalue weighted by atomic mass is 9.97. The topological polar surface area (TPSA) is 29.9 Å². The Labute approximate surface area is 106 Å². The maximum atomic E-state index is 4.39. The van der Waals surface area contributed by atoms with Crippen molar-refractivity contribution in [2.75, 3.05) is 6.54 Å². The summed E-state index contributed by atoms with van der Waals surface area (Å²) >= 11 is 0.